The third-order valence-electron chi connectivity index (χ3n) is 3.65. The van der Waals surface area contributed by atoms with E-state index in [4.69, 9.17) is 0 Å². The fourth-order valence-corrected chi connectivity index (χ4v) is 4.59. The van der Waals surface area contributed by atoms with Gasteiger partial charge in [0.05, 0.1) is 24.2 Å². The van der Waals surface area contributed by atoms with Gasteiger partial charge < -0.3 is 4.90 Å². The molecule has 2 unspecified atom stereocenters. The molecule has 1 N–H and O–H groups in total. The van der Waals surface area contributed by atoms with Crippen LogP contribution in [0.4, 0.5) is 0 Å². The standard InChI is InChI=1S/C12H22N2O3S/c1-9(2)5-11-12(15)14(8-13-11)6-10-3-4-18(16,17)7-10/h9-11,13H,3-8H2,1-2H3. The molecule has 2 aliphatic heterocycles. The van der Waals surface area contributed by atoms with Crippen LogP contribution in [0.3, 0.4) is 0 Å². The molecular formula is C12H22N2O3S. The molecule has 0 aromatic heterocycles. The van der Waals surface area contributed by atoms with E-state index in [1.807, 2.05) is 0 Å². The molecule has 2 fully saturated rings. The van der Waals surface area contributed by atoms with Gasteiger partial charge in [-0.3, -0.25) is 10.1 Å². The summed E-state index contributed by atoms with van der Waals surface area (Å²) in [6.07, 6.45) is 1.54. The lowest BCUT2D eigenvalue weighted by Crippen LogP contribution is -2.34. The minimum Gasteiger partial charge on any atom is -0.328 e. The molecule has 2 heterocycles. The molecule has 6 heteroatoms. The number of rotatable bonds is 4. The third kappa shape index (κ3) is 3.23. The lowest BCUT2D eigenvalue weighted by molar-refractivity contribution is -0.129. The lowest BCUT2D eigenvalue weighted by atomic mass is 10.0. The molecule has 2 atom stereocenters. The topological polar surface area (TPSA) is 66.5 Å². The van der Waals surface area contributed by atoms with Crippen molar-refractivity contribution in [3.63, 3.8) is 0 Å². The second kappa shape index (κ2) is 5.17. The van der Waals surface area contributed by atoms with Gasteiger partial charge in [0.1, 0.15) is 0 Å². The van der Waals surface area contributed by atoms with Gasteiger partial charge in [-0.1, -0.05) is 13.8 Å². The van der Waals surface area contributed by atoms with E-state index in [2.05, 4.69) is 19.2 Å². The summed E-state index contributed by atoms with van der Waals surface area (Å²) in [6, 6.07) is -0.0805. The zero-order chi connectivity index (χ0) is 13.3. The van der Waals surface area contributed by atoms with Crippen LogP contribution in [0.2, 0.25) is 0 Å². The summed E-state index contributed by atoms with van der Waals surface area (Å²) in [6.45, 7) is 5.34. The van der Waals surface area contributed by atoms with Crippen LogP contribution in [0.1, 0.15) is 26.7 Å². The lowest BCUT2D eigenvalue weighted by Gasteiger charge is -2.19. The molecule has 2 aliphatic rings. The van der Waals surface area contributed by atoms with Crippen molar-refractivity contribution in [2.75, 3.05) is 24.7 Å². The van der Waals surface area contributed by atoms with Gasteiger partial charge in [0.2, 0.25) is 5.91 Å². The fourth-order valence-electron chi connectivity index (χ4n) is 2.74. The summed E-state index contributed by atoms with van der Waals surface area (Å²) < 4.78 is 22.8. The molecule has 0 spiro atoms. The van der Waals surface area contributed by atoms with Crippen molar-refractivity contribution in [2.45, 2.75) is 32.7 Å². The van der Waals surface area contributed by atoms with Crippen molar-refractivity contribution >= 4 is 15.7 Å². The van der Waals surface area contributed by atoms with E-state index in [0.717, 1.165) is 6.42 Å². The molecule has 18 heavy (non-hydrogen) atoms. The summed E-state index contributed by atoms with van der Waals surface area (Å²) in [5.74, 6) is 1.26. The molecule has 2 saturated heterocycles. The Balaban J connectivity index is 1.87. The van der Waals surface area contributed by atoms with E-state index in [9.17, 15) is 13.2 Å². The summed E-state index contributed by atoms with van der Waals surface area (Å²) in [5.41, 5.74) is 0. The number of nitrogens with one attached hydrogen (secondary N) is 1. The van der Waals surface area contributed by atoms with Gasteiger partial charge >= 0.3 is 0 Å². The SMILES string of the molecule is CC(C)CC1NCN(CC2CCS(=O)(=O)C2)C1=O. The summed E-state index contributed by atoms with van der Waals surface area (Å²) in [5, 5.41) is 3.21. The average Bonchev–Trinajstić information content (AvgIpc) is 2.75. The van der Waals surface area contributed by atoms with E-state index in [1.165, 1.54) is 0 Å². The number of hydrogen-bond donors (Lipinski definition) is 1. The van der Waals surface area contributed by atoms with Crippen LogP contribution in [-0.4, -0.2) is 50.0 Å². The van der Waals surface area contributed by atoms with Crippen molar-refractivity contribution in [2.24, 2.45) is 11.8 Å². The van der Waals surface area contributed by atoms with Crippen molar-refractivity contribution in [1.82, 2.24) is 10.2 Å². The number of sulfone groups is 1. The summed E-state index contributed by atoms with van der Waals surface area (Å²) >= 11 is 0. The Hall–Kier alpha value is -0.620. The maximum atomic E-state index is 12.1. The number of hydrogen-bond acceptors (Lipinski definition) is 4. The summed E-state index contributed by atoms with van der Waals surface area (Å²) in [4.78, 5) is 13.9. The van der Waals surface area contributed by atoms with Crippen LogP contribution in [0, 0.1) is 11.8 Å². The largest absolute Gasteiger partial charge is 0.328 e. The maximum Gasteiger partial charge on any atom is 0.240 e. The highest BCUT2D eigenvalue weighted by Crippen LogP contribution is 2.21. The highest BCUT2D eigenvalue weighted by molar-refractivity contribution is 7.91. The molecule has 0 aromatic rings. The van der Waals surface area contributed by atoms with E-state index in [-0.39, 0.29) is 29.4 Å². The van der Waals surface area contributed by atoms with Crippen LogP contribution in [-0.2, 0) is 14.6 Å². The number of carbonyl (C=O) groups excluding carboxylic acids is 1. The van der Waals surface area contributed by atoms with Crippen molar-refractivity contribution in [1.29, 1.82) is 0 Å². The Labute approximate surface area is 109 Å². The monoisotopic (exact) mass is 274 g/mol. The normalized spacial score (nSPS) is 31.5. The van der Waals surface area contributed by atoms with Gasteiger partial charge in [-0.05, 0) is 24.7 Å². The summed E-state index contributed by atoms with van der Waals surface area (Å²) in [7, 11) is -2.85. The van der Waals surface area contributed by atoms with Gasteiger partial charge in [0.15, 0.2) is 9.84 Å². The van der Waals surface area contributed by atoms with E-state index in [1.54, 1.807) is 4.90 Å². The smallest absolute Gasteiger partial charge is 0.240 e. The first-order chi connectivity index (χ1) is 8.37. The minimum absolute atomic E-state index is 0.0805. The number of carbonyl (C=O) groups is 1. The second-order valence-corrected chi connectivity index (χ2v) is 8.10. The van der Waals surface area contributed by atoms with Crippen LogP contribution in [0.5, 0.6) is 0 Å². The Morgan fingerprint density at radius 1 is 1.44 bits per heavy atom. The highest BCUT2D eigenvalue weighted by Gasteiger charge is 2.35. The van der Waals surface area contributed by atoms with Crippen LogP contribution in [0.15, 0.2) is 0 Å². The van der Waals surface area contributed by atoms with Gasteiger partial charge in [0.25, 0.3) is 0 Å². The molecule has 0 saturated carbocycles. The van der Waals surface area contributed by atoms with E-state index in [0.29, 0.717) is 25.6 Å². The van der Waals surface area contributed by atoms with Gasteiger partial charge in [0, 0.05) is 6.54 Å². The Morgan fingerprint density at radius 2 is 2.17 bits per heavy atom. The Bertz CT molecular complexity index is 419. The molecule has 0 aliphatic carbocycles. The maximum absolute atomic E-state index is 12.1. The molecule has 0 bridgehead atoms. The molecule has 5 nitrogen and oxygen atoms in total. The van der Waals surface area contributed by atoms with Crippen LogP contribution in [0.25, 0.3) is 0 Å². The molecule has 1 amide bonds. The zero-order valence-electron chi connectivity index (χ0n) is 11.1. The molecule has 0 radical (unpaired) electrons. The van der Waals surface area contributed by atoms with Crippen molar-refractivity contribution in [3.8, 4) is 0 Å². The molecule has 104 valence electrons. The molecule has 2 rings (SSSR count). The highest BCUT2D eigenvalue weighted by atomic mass is 32.2. The second-order valence-electron chi connectivity index (χ2n) is 5.87. The van der Waals surface area contributed by atoms with Crippen LogP contribution >= 0.6 is 0 Å². The number of nitrogens with zero attached hydrogens (tertiary/aromatic N) is 1. The molecule has 0 aromatic carbocycles. The minimum atomic E-state index is -2.85. The van der Waals surface area contributed by atoms with E-state index < -0.39 is 9.84 Å². The Morgan fingerprint density at radius 3 is 2.72 bits per heavy atom. The van der Waals surface area contributed by atoms with E-state index >= 15 is 0 Å². The predicted molar refractivity (Wildman–Crippen MR) is 69.7 cm³/mol. The zero-order valence-corrected chi connectivity index (χ0v) is 11.9. The fraction of sp³-hybridized carbons (Fsp3) is 0.917. The predicted octanol–water partition coefficient (Wildman–Crippen LogP) is 0.225. The van der Waals surface area contributed by atoms with Crippen molar-refractivity contribution in [3.05, 3.63) is 0 Å². The Kier molecular flexibility index (Phi) is 3.96. The molecular weight excluding hydrogens is 252 g/mol. The van der Waals surface area contributed by atoms with Crippen LogP contribution < -0.4 is 5.32 Å². The number of amides is 1. The first-order valence-electron chi connectivity index (χ1n) is 6.60. The van der Waals surface area contributed by atoms with Gasteiger partial charge in [-0.25, -0.2) is 8.42 Å². The van der Waals surface area contributed by atoms with Crippen molar-refractivity contribution < 1.29 is 13.2 Å². The third-order valence-corrected chi connectivity index (χ3v) is 5.49. The van der Waals surface area contributed by atoms with Gasteiger partial charge in [-0.2, -0.15) is 0 Å². The van der Waals surface area contributed by atoms with Gasteiger partial charge in [-0.15, -0.1) is 0 Å². The average molecular weight is 274 g/mol. The first-order valence-corrected chi connectivity index (χ1v) is 8.42. The quantitative estimate of drug-likeness (QED) is 0.796. The first kappa shape index (κ1) is 13.8.